The summed E-state index contributed by atoms with van der Waals surface area (Å²) >= 11 is 0. The molecule has 0 bridgehead atoms. The summed E-state index contributed by atoms with van der Waals surface area (Å²) in [7, 11) is 0. The van der Waals surface area contributed by atoms with Gasteiger partial charge in [-0.2, -0.15) is 0 Å². The third-order valence-electron chi connectivity index (χ3n) is 13.2. The van der Waals surface area contributed by atoms with Crippen molar-refractivity contribution in [1.82, 2.24) is 9.13 Å². The zero-order chi connectivity index (χ0) is 44.4. The molecule has 0 saturated carbocycles. The SMILES string of the molecule is CCCCc1ccc2c(c1)c1ccccc1n2-c1ccc(N(c2ccccc2)c2ccc(N(c3ccccc3)c3ccc(-n4c5ccccc5c5cc(CCCC)ccc54)cc3)cc2)cc1. The number of unbranched alkanes of at least 4 members (excludes halogenated alkanes) is 2. The van der Waals surface area contributed by atoms with E-state index in [0.717, 1.165) is 58.3 Å². The largest absolute Gasteiger partial charge is 0.311 e. The number of benzene rings is 9. The van der Waals surface area contributed by atoms with Gasteiger partial charge >= 0.3 is 0 Å². The number of para-hydroxylation sites is 4. The number of anilines is 6. The summed E-state index contributed by atoms with van der Waals surface area (Å²) in [5.41, 5.74) is 16.6. The Labute approximate surface area is 388 Å². The number of rotatable bonds is 14. The van der Waals surface area contributed by atoms with Crippen molar-refractivity contribution < 1.29 is 0 Å². The van der Waals surface area contributed by atoms with E-state index < -0.39 is 0 Å². The molecular formula is C62H54N4. The Morgan fingerprint density at radius 1 is 0.303 bits per heavy atom. The average Bonchev–Trinajstić information content (AvgIpc) is 3.89. The summed E-state index contributed by atoms with van der Waals surface area (Å²) in [6, 6.07) is 80.1. The molecule has 11 aromatic rings. The van der Waals surface area contributed by atoms with E-state index in [9.17, 15) is 0 Å². The van der Waals surface area contributed by atoms with Crippen LogP contribution in [0.2, 0.25) is 0 Å². The van der Waals surface area contributed by atoms with Gasteiger partial charge in [0.05, 0.1) is 22.1 Å². The minimum Gasteiger partial charge on any atom is -0.311 e. The average molecular weight is 855 g/mol. The quantitative estimate of drug-likeness (QED) is 0.108. The van der Waals surface area contributed by atoms with E-state index in [4.69, 9.17) is 0 Å². The summed E-state index contributed by atoms with van der Waals surface area (Å²) in [6.45, 7) is 4.52. The number of hydrogen-bond acceptors (Lipinski definition) is 2. The Kier molecular flexibility index (Phi) is 11.1. The maximum Gasteiger partial charge on any atom is 0.0541 e. The third kappa shape index (κ3) is 7.58. The lowest BCUT2D eigenvalue weighted by Gasteiger charge is -2.28. The molecule has 0 aliphatic carbocycles. The number of aromatic nitrogens is 2. The van der Waals surface area contributed by atoms with Gasteiger partial charge in [0.2, 0.25) is 0 Å². The van der Waals surface area contributed by atoms with Crippen molar-refractivity contribution in [3.8, 4) is 11.4 Å². The van der Waals surface area contributed by atoms with Crippen LogP contribution in [0.25, 0.3) is 55.0 Å². The monoisotopic (exact) mass is 854 g/mol. The van der Waals surface area contributed by atoms with Gasteiger partial charge in [0.1, 0.15) is 0 Å². The zero-order valence-corrected chi connectivity index (χ0v) is 37.8. The second-order valence-electron chi connectivity index (χ2n) is 17.5. The first-order chi connectivity index (χ1) is 32.7. The molecule has 4 heteroatoms. The van der Waals surface area contributed by atoms with Crippen LogP contribution >= 0.6 is 0 Å². The molecule has 11 rings (SSSR count). The first-order valence-corrected chi connectivity index (χ1v) is 23.7. The summed E-state index contributed by atoms with van der Waals surface area (Å²) in [5.74, 6) is 0. The van der Waals surface area contributed by atoms with Gasteiger partial charge in [-0.05, 0) is 170 Å². The van der Waals surface area contributed by atoms with Crippen molar-refractivity contribution in [2.75, 3.05) is 9.80 Å². The van der Waals surface area contributed by atoms with Gasteiger partial charge in [0.15, 0.2) is 0 Å². The molecule has 9 aromatic carbocycles. The van der Waals surface area contributed by atoms with E-state index in [2.05, 4.69) is 251 Å². The number of fused-ring (bicyclic) bond motifs is 6. The topological polar surface area (TPSA) is 16.3 Å². The minimum atomic E-state index is 1.08. The molecule has 2 heterocycles. The van der Waals surface area contributed by atoms with E-state index in [1.165, 1.54) is 80.4 Å². The van der Waals surface area contributed by atoms with Crippen molar-refractivity contribution in [2.24, 2.45) is 0 Å². The van der Waals surface area contributed by atoms with E-state index in [0.29, 0.717) is 0 Å². The molecule has 0 saturated heterocycles. The van der Waals surface area contributed by atoms with Gasteiger partial charge in [-0.25, -0.2) is 0 Å². The molecule has 4 nitrogen and oxygen atoms in total. The van der Waals surface area contributed by atoms with Crippen LogP contribution in [-0.2, 0) is 12.8 Å². The summed E-state index contributed by atoms with van der Waals surface area (Å²) < 4.78 is 4.83. The zero-order valence-electron chi connectivity index (χ0n) is 37.8. The number of nitrogens with zero attached hydrogens (tertiary/aromatic N) is 4. The van der Waals surface area contributed by atoms with Crippen LogP contribution in [0.3, 0.4) is 0 Å². The van der Waals surface area contributed by atoms with Crippen molar-refractivity contribution in [3.05, 3.63) is 230 Å². The fraction of sp³-hybridized carbons (Fsp3) is 0.129. The van der Waals surface area contributed by atoms with Gasteiger partial charge in [-0.1, -0.05) is 112 Å². The Hall–Kier alpha value is -7.82. The molecule has 0 fully saturated rings. The lowest BCUT2D eigenvalue weighted by molar-refractivity contribution is 0.796. The van der Waals surface area contributed by atoms with Crippen molar-refractivity contribution >= 4 is 77.7 Å². The summed E-state index contributed by atoms with van der Waals surface area (Å²) in [4.78, 5) is 4.69. The van der Waals surface area contributed by atoms with Crippen LogP contribution in [0.15, 0.2) is 218 Å². The van der Waals surface area contributed by atoms with Crippen LogP contribution < -0.4 is 9.80 Å². The predicted molar refractivity (Wildman–Crippen MR) is 282 cm³/mol. The highest BCUT2D eigenvalue weighted by Gasteiger charge is 2.19. The molecule has 0 unspecified atom stereocenters. The van der Waals surface area contributed by atoms with Crippen LogP contribution in [-0.4, -0.2) is 9.13 Å². The summed E-state index contributed by atoms with van der Waals surface area (Å²) in [6.07, 6.45) is 7.02. The van der Waals surface area contributed by atoms with Crippen LogP contribution in [0.1, 0.15) is 50.7 Å². The lowest BCUT2D eigenvalue weighted by Crippen LogP contribution is -2.12. The van der Waals surface area contributed by atoms with Crippen molar-refractivity contribution in [2.45, 2.75) is 52.4 Å². The fourth-order valence-electron chi connectivity index (χ4n) is 9.97. The lowest BCUT2D eigenvalue weighted by atomic mass is 10.0. The molecule has 0 aliphatic rings. The standard InChI is InChI=1S/C62H54N4/c1-3-5-17-45-27-41-61-57(43-45)55-23-13-15-25-59(55)65(61)53-37-33-51(34-38-53)63(47-19-9-7-10-20-47)49-29-31-50(32-30-49)64(48-21-11-8-12-22-48)52-35-39-54(40-36-52)66-60-26-16-14-24-56(60)58-44-46(18-6-4-2)28-42-62(58)66/h7-16,19-44H,3-6,17-18H2,1-2H3. The molecule has 0 radical (unpaired) electrons. The molecule has 322 valence electrons. The van der Waals surface area contributed by atoms with Gasteiger partial charge in [0.25, 0.3) is 0 Å². The highest BCUT2D eigenvalue weighted by atomic mass is 15.2. The Morgan fingerprint density at radius 3 is 1.00 bits per heavy atom. The fourth-order valence-corrected chi connectivity index (χ4v) is 9.97. The van der Waals surface area contributed by atoms with Gasteiger partial charge in [-0.3, -0.25) is 0 Å². The van der Waals surface area contributed by atoms with E-state index >= 15 is 0 Å². The molecule has 0 amide bonds. The first-order valence-electron chi connectivity index (χ1n) is 23.7. The first kappa shape index (κ1) is 40.9. The Morgan fingerprint density at radius 2 is 0.621 bits per heavy atom. The Balaban J connectivity index is 0.939. The highest BCUT2D eigenvalue weighted by molar-refractivity contribution is 6.10. The maximum absolute atomic E-state index is 2.41. The third-order valence-corrected chi connectivity index (χ3v) is 13.2. The maximum atomic E-state index is 2.41. The molecule has 0 N–H and O–H groups in total. The van der Waals surface area contributed by atoms with Crippen molar-refractivity contribution in [3.63, 3.8) is 0 Å². The smallest absolute Gasteiger partial charge is 0.0541 e. The van der Waals surface area contributed by atoms with Crippen LogP contribution in [0.5, 0.6) is 0 Å². The Bertz CT molecular complexity index is 3190. The van der Waals surface area contributed by atoms with Gasteiger partial charge < -0.3 is 18.9 Å². The van der Waals surface area contributed by atoms with E-state index in [1.54, 1.807) is 0 Å². The van der Waals surface area contributed by atoms with Crippen LogP contribution in [0, 0.1) is 0 Å². The minimum absolute atomic E-state index is 1.08. The molecule has 66 heavy (non-hydrogen) atoms. The second kappa shape index (κ2) is 18.0. The molecule has 0 aliphatic heterocycles. The second-order valence-corrected chi connectivity index (χ2v) is 17.5. The van der Waals surface area contributed by atoms with Gasteiger partial charge in [-0.15, -0.1) is 0 Å². The van der Waals surface area contributed by atoms with Gasteiger partial charge in [0, 0.05) is 67.0 Å². The number of aryl methyl sites for hydroxylation is 2. The van der Waals surface area contributed by atoms with E-state index in [-0.39, 0.29) is 0 Å². The summed E-state index contributed by atoms with van der Waals surface area (Å²) in [5, 5.41) is 5.21. The highest BCUT2D eigenvalue weighted by Crippen LogP contribution is 2.41. The molecule has 0 spiro atoms. The van der Waals surface area contributed by atoms with Crippen molar-refractivity contribution in [1.29, 1.82) is 0 Å². The molecule has 2 aromatic heterocycles. The van der Waals surface area contributed by atoms with E-state index in [1.807, 2.05) is 0 Å². The van der Waals surface area contributed by atoms with Crippen LogP contribution in [0.4, 0.5) is 34.1 Å². The number of hydrogen-bond donors (Lipinski definition) is 0. The molecular weight excluding hydrogens is 801 g/mol. The molecule has 0 atom stereocenters. The normalized spacial score (nSPS) is 11.5. The predicted octanol–water partition coefficient (Wildman–Crippen LogP) is 17.5.